The minimum absolute atomic E-state index is 0.419. The number of hydrogen-bond donors (Lipinski definition) is 1. The normalized spacial score (nSPS) is 9.78. The number of ether oxygens (including phenoxy) is 3. The Morgan fingerprint density at radius 2 is 1.72 bits per heavy atom. The van der Waals surface area contributed by atoms with Gasteiger partial charge in [0.25, 0.3) is 0 Å². The Bertz CT molecular complexity index is 384. The van der Waals surface area contributed by atoms with Crippen molar-refractivity contribution in [1.82, 2.24) is 5.01 Å². The van der Waals surface area contributed by atoms with Gasteiger partial charge in [0.05, 0.1) is 21.3 Å². The fourth-order valence-electron chi connectivity index (χ4n) is 1.59. The van der Waals surface area contributed by atoms with Crippen LogP contribution in [0.1, 0.15) is 5.56 Å². The third kappa shape index (κ3) is 3.27. The number of nitrogens with zero attached hydrogens (tertiary/aromatic N) is 1. The van der Waals surface area contributed by atoms with E-state index >= 15 is 0 Å². The predicted octanol–water partition coefficient (Wildman–Crippen LogP) is 0.587. The van der Waals surface area contributed by atoms with Crippen molar-refractivity contribution in [3.63, 3.8) is 0 Å². The molecule has 1 amide bonds. The smallest absolute Gasteiger partial charge is 0.223 e. The summed E-state index contributed by atoms with van der Waals surface area (Å²) in [6.07, 6.45) is 1.18. The van der Waals surface area contributed by atoms with Gasteiger partial charge >= 0.3 is 0 Å². The Hall–Kier alpha value is -1.95. The summed E-state index contributed by atoms with van der Waals surface area (Å²) in [6, 6.07) is 3.67. The molecule has 0 spiro atoms. The number of benzene rings is 1. The van der Waals surface area contributed by atoms with Crippen molar-refractivity contribution < 1.29 is 19.0 Å². The molecule has 0 fully saturated rings. The minimum Gasteiger partial charge on any atom is -0.493 e. The van der Waals surface area contributed by atoms with Crippen LogP contribution in [0, 0.1) is 0 Å². The highest BCUT2D eigenvalue weighted by molar-refractivity contribution is 5.54. The molecule has 1 rings (SSSR count). The second-order valence-corrected chi connectivity index (χ2v) is 3.63. The van der Waals surface area contributed by atoms with Crippen molar-refractivity contribution in [3.8, 4) is 17.2 Å². The van der Waals surface area contributed by atoms with E-state index in [0.717, 1.165) is 10.6 Å². The molecule has 0 unspecified atom stereocenters. The average Bonchev–Trinajstić information content (AvgIpc) is 2.43. The van der Waals surface area contributed by atoms with Gasteiger partial charge in [-0.05, 0) is 24.1 Å². The molecule has 0 aliphatic carbocycles. The third-order valence-corrected chi connectivity index (χ3v) is 2.52. The standard InChI is InChI=1S/C12H18N2O4/c1-16-10-6-9(4-5-14(13)8-15)7-11(17-2)12(10)18-3/h6-8H,4-5,13H2,1-3H3. The highest BCUT2D eigenvalue weighted by atomic mass is 16.5. The maximum atomic E-state index is 10.4. The number of nitrogens with two attached hydrogens (primary N) is 1. The molecule has 18 heavy (non-hydrogen) atoms. The molecule has 0 aliphatic heterocycles. The van der Waals surface area contributed by atoms with Crippen molar-refractivity contribution in [2.24, 2.45) is 5.84 Å². The second-order valence-electron chi connectivity index (χ2n) is 3.63. The van der Waals surface area contributed by atoms with Crippen LogP contribution in [0.25, 0.3) is 0 Å². The van der Waals surface area contributed by atoms with Crippen molar-refractivity contribution in [2.45, 2.75) is 6.42 Å². The Morgan fingerprint density at radius 1 is 1.17 bits per heavy atom. The molecule has 0 bridgehead atoms. The highest BCUT2D eigenvalue weighted by Crippen LogP contribution is 2.38. The first-order valence-electron chi connectivity index (χ1n) is 5.41. The summed E-state index contributed by atoms with van der Waals surface area (Å²) in [6.45, 7) is 0.419. The van der Waals surface area contributed by atoms with Crippen LogP contribution >= 0.6 is 0 Å². The Labute approximate surface area is 106 Å². The maximum Gasteiger partial charge on any atom is 0.223 e. The van der Waals surface area contributed by atoms with Crippen LogP contribution in [0.2, 0.25) is 0 Å². The molecule has 1 aromatic carbocycles. The van der Waals surface area contributed by atoms with Gasteiger partial charge in [0.15, 0.2) is 11.5 Å². The van der Waals surface area contributed by atoms with E-state index < -0.39 is 0 Å². The molecule has 0 heterocycles. The molecule has 0 atom stereocenters. The Morgan fingerprint density at radius 3 is 2.11 bits per heavy atom. The van der Waals surface area contributed by atoms with Gasteiger partial charge in [-0.1, -0.05) is 0 Å². The molecule has 6 heteroatoms. The van der Waals surface area contributed by atoms with Gasteiger partial charge in [0.1, 0.15) is 0 Å². The lowest BCUT2D eigenvalue weighted by molar-refractivity contribution is -0.118. The summed E-state index contributed by atoms with van der Waals surface area (Å²) in [4.78, 5) is 10.4. The summed E-state index contributed by atoms with van der Waals surface area (Å²) < 4.78 is 15.7. The molecule has 0 saturated heterocycles. The van der Waals surface area contributed by atoms with Crippen LogP contribution < -0.4 is 20.1 Å². The predicted molar refractivity (Wildman–Crippen MR) is 66.8 cm³/mol. The monoisotopic (exact) mass is 254 g/mol. The van der Waals surface area contributed by atoms with Crippen LogP contribution in [0.5, 0.6) is 17.2 Å². The Balaban J connectivity index is 2.96. The summed E-state index contributed by atoms with van der Waals surface area (Å²) in [5.74, 6) is 7.11. The fourth-order valence-corrected chi connectivity index (χ4v) is 1.59. The molecular weight excluding hydrogens is 236 g/mol. The van der Waals surface area contributed by atoms with Crippen LogP contribution in [-0.4, -0.2) is 39.3 Å². The molecule has 0 aliphatic rings. The molecular formula is C12H18N2O4. The summed E-state index contributed by atoms with van der Waals surface area (Å²) in [5.41, 5.74) is 0.946. The first-order chi connectivity index (χ1) is 8.65. The van der Waals surface area contributed by atoms with Crippen molar-refractivity contribution in [2.75, 3.05) is 27.9 Å². The van der Waals surface area contributed by atoms with Crippen molar-refractivity contribution >= 4 is 6.41 Å². The Kier molecular flexibility index (Phi) is 5.26. The third-order valence-electron chi connectivity index (χ3n) is 2.52. The van der Waals surface area contributed by atoms with Gasteiger partial charge in [0.2, 0.25) is 12.2 Å². The van der Waals surface area contributed by atoms with Crippen LogP contribution in [-0.2, 0) is 11.2 Å². The van der Waals surface area contributed by atoms with Gasteiger partial charge in [-0.15, -0.1) is 0 Å². The van der Waals surface area contributed by atoms with E-state index in [0.29, 0.717) is 36.6 Å². The lowest BCUT2D eigenvalue weighted by atomic mass is 10.1. The lowest BCUT2D eigenvalue weighted by Gasteiger charge is -2.15. The molecule has 2 N–H and O–H groups in total. The van der Waals surface area contributed by atoms with Gasteiger partial charge in [-0.25, -0.2) is 5.84 Å². The number of hydrazine groups is 1. The fraction of sp³-hybridized carbons (Fsp3) is 0.417. The topological polar surface area (TPSA) is 74.0 Å². The van der Waals surface area contributed by atoms with Crippen LogP contribution in [0.4, 0.5) is 0 Å². The van der Waals surface area contributed by atoms with Crippen LogP contribution in [0.3, 0.4) is 0 Å². The number of carbonyl (C=O) groups is 1. The van der Waals surface area contributed by atoms with Crippen molar-refractivity contribution in [3.05, 3.63) is 17.7 Å². The van der Waals surface area contributed by atoms with E-state index in [4.69, 9.17) is 20.1 Å². The largest absolute Gasteiger partial charge is 0.493 e. The minimum atomic E-state index is 0.419. The zero-order valence-electron chi connectivity index (χ0n) is 10.8. The summed E-state index contributed by atoms with van der Waals surface area (Å²) in [7, 11) is 4.66. The zero-order chi connectivity index (χ0) is 13.5. The number of rotatable bonds is 7. The van der Waals surface area contributed by atoms with E-state index in [1.807, 2.05) is 12.1 Å². The quantitative estimate of drug-likeness (QED) is 0.333. The number of hydrogen-bond acceptors (Lipinski definition) is 5. The van der Waals surface area contributed by atoms with E-state index in [9.17, 15) is 4.79 Å². The average molecular weight is 254 g/mol. The van der Waals surface area contributed by atoms with Gasteiger partial charge in [-0.2, -0.15) is 0 Å². The summed E-state index contributed by atoms with van der Waals surface area (Å²) in [5, 5.41) is 1.09. The van der Waals surface area contributed by atoms with Gasteiger partial charge < -0.3 is 14.2 Å². The first kappa shape index (κ1) is 14.1. The molecule has 6 nitrogen and oxygen atoms in total. The lowest BCUT2D eigenvalue weighted by Crippen LogP contribution is -2.31. The van der Waals surface area contributed by atoms with E-state index in [1.165, 1.54) is 0 Å². The maximum absolute atomic E-state index is 10.4. The van der Waals surface area contributed by atoms with E-state index in [-0.39, 0.29) is 0 Å². The van der Waals surface area contributed by atoms with E-state index in [1.54, 1.807) is 21.3 Å². The number of carbonyl (C=O) groups excluding carboxylic acids is 1. The molecule has 1 aromatic rings. The SMILES string of the molecule is COc1cc(CCN(N)C=O)cc(OC)c1OC. The highest BCUT2D eigenvalue weighted by Gasteiger charge is 2.13. The van der Waals surface area contributed by atoms with Crippen molar-refractivity contribution in [1.29, 1.82) is 0 Å². The first-order valence-corrected chi connectivity index (χ1v) is 5.41. The molecule has 0 saturated carbocycles. The summed E-state index contributed by atoms with van der Waals surface area (Å²) >= 11 is 0. The van der Waals surface area contributed by atoms with Gasteiger partial charge in [-0.3, -0.25) is 9.80 Å². The second kappa shape index (κ2) is 6.70. The molecule has 0 aromatic heterocycles. The van der Waals surface area contributed by atoms with Gasteiger partial charge in [0, 0.05) is 6.54 Å². The zero-order valence-corrected chi connectivity index (χ0v) is 10.8. The van der Waals surface area contributed by atoms with Crippen LogP contribution in [0.15, 0.2) is 12.1 Å². The number of amides is 1. The molecule has 100 valence electrons. The number of methoxy groups -OCH3 is 3. The molecule has 0 radical (unpaired) electrons. The van der Waals surface area contributed by atoms with E-state index in [2.05, 4.69) is 0 Å².